The maximum atomic E-state index is 6.28. The molecule has 4 heteroatoms. The molecule has 1 atom stereocenters. The number of ether oxygens (including phenoxy) is 1. The van der Waals surface area contributed by atoms with E-state index < -0.39 is 8.32 Å². The predicted molar refractivity (Wildman–Crippen MR) is 95.0 cm³/mol. The maximum Gasteiger partial charge on any atom is 0.192 e. The summed E-state index contributed by atoms with van der Waals surface area (Å²) in [6, 6.07) is 6.42. The molecule has 2 rings (SSSR count). The summed E-state index contributed by atoms with van der Waals surface area (Å²) in [4.78, 5) is 0. The van der Waals surface area contributed by atoms with E-state index in [0.717, 1.165) is 25.2 Å². The van der Waals surface area contributed by atoms with Crippen LogP contribution in [-0.4, -0.2) is 21.0 Å². The first-order valence-electron chi connectivity index (χ1n) is 7.28. The molecule has 1 aromatic carbocycles. The van der Waals surface area contributed by atoms with Gasteiger partial charge in [0.25, 0.3) is 0 Å². The van der Waals surface area contributed by atoms with Crippen LogP contribution in [0, 0.1) is 3.57 Å². The molecule has 1 unspecified atom stereocenters. The van der Waals surface area contributed by atoms with Crippen molar-refractivity contribution in [2.75, 3.05) is 6.61 Å². The van der Waals surface area contributed by atoms with Crippen LogP contribution < -0.4 is 4.74 Å². The van der Waals surface area contributed by atoms with Crippen molar-refractivity contribution < 1.29 is 9.16 Å². The van der Waals surface area contributed by atoms with E-state index >= 15 is 0 Å². The standard InChI is InChI=1S/C16H25IO2Si/c1-16(2,3)20(4,5)18-11-14-8-6-12-10-13(17)7-9-15(12)19-14/h7,9-10,14H,6,8,11H2,1-5H3. The summed E-state index contributed by atoms with van der Waals surface area (Å²) in [5, 5.41) is 0.260. The lowest BCUT2D eigenvalue weighted by atomic mass is 10.0. The molecular formula is C16H25IO2Si. The van der Waals surface area contributed by atoms with Gasteiger partial charge in [-0.1, -0.05) is 20.8 Å². The minimum absolute atomic E-state index is 0.205. The summed E-state index contributed by atoms with van der Waals surface area (Å²) >= 11 is 2.35. The fourth-order valence-electron chi connectivity index (χ4n) is 2.05. The van der Waals surface area contributed by atoms with Crippen LogP contribution in [0.2, 0.25) is 18.1 Å². The van der Waals surface area contributed by atoms with Gasteiger partial charge in [-0.3, -0.25) is 0 Å². The van der Waals surface area contributed by atoms with Gasteiger partial charge in [-0.25, -0.2) is 0 Å². The monoisotopic (exact) mass is 404 g/mol. The highest BCUT2D eigenvalue weighted by atomic mass is 127. The van der Waals surface area contributed by atoms with Gasteiger partial charge in [0.05, 0.1) is 6.61 Å². The second kappa shape index (κ2) is 5.97. The van der Waals surface area contributed by atoms with E-state index in [1.807, 2.05) is 0 Å². The zero-order valence-corrected chi connectivity index (χ0v) is 16.3. The molecule has 0 N–H and O–H groups in total. The molecular weight excluding hydrogens is 379 g/mol. The van der Waals surface area contributed by atoms with Crippen LogP contribution in [-0.2, 0) is 10.8 Å². The van der Waals surface area contributed by atoms with Gasteiger partial charge in [-0.15, -0.1) is 0 Å². The topological polar surface area (TPSA) is 18.5 Å². The molecule has 1 heterocycles. The number of halogens is 1. The average Bonchev–Trinajstić information content (AvgIpc) is 2.35. The minimum atomic E-state index is -1.67. The number of fused-ring (bicyclic) bond motifs is 1. The van der Waals surface area contributed by atoms with Crippen molar-refractivity contribution in [2.45, 2.75) is 57.8 Å². The van der Waals surface area contributed by atoms with Gasteiger partial charge in [0, 0.05) is 3.57 Å². The van der Waals surface area contributed by atoms with Crippen LogP contribution in [0.4, 0.5) is 0 Å². The fraction of sp³-hybridized carbons (Fsp3) is 0.625. The predicted octanol–water partition coefficient (Wildman–Crippen LogP) is 5.01. The Morgan fingerprint density at radius 1 is 1.35 bits per heavy atom. The van der Waals surface area contributed by atoms with Crippen molar-refractivity contribution in [2.24, 2.45) is 0 Å². The van der Waals surface area contributed by atoms with E-state index in [9.17, 15) is 0 Å². The van der Waals surface area contributed by atoms with Gasteiger partial charge < -0.3 is 9.16 Å². The summed E-state index contributed by atoms with van der Waals surface area (Å²) < 4.78 is 13.7. The number of aryl methyl sites for hydroxylation is 1. The van der Waals surface area contributed by atoms with Gasteiger partial charge in [0.15, 0.2) is 8.32 Å². The Morgan fingerprint density at radius 2 is 2.05 bits per heavy atom. The third-order valence-corrected chi connectivity index (χ3v) is 9.66. The molecule has 2 nitrogen and oxygen atoms in total. The Labute approximate surface area is 137 Å². The molecule has 0 saturated carbocycles. The van der Waals surface area contributed by atoms with Crippen molar-refractivity contribution in [3.8, 4) is 5.75 Å². The van der Waals surface area contributed by atoms with Crippen LogP contribution >= 0.6 is 22.6 Å². The maximum absolute atomic E-state index is 6.28. The van der Waals surface area contributed by atoms with Crippen molar-refractivity contribution in [1.29, 1.82) is 0 Å². The van der Waals surface area contributed by atoms with Crippen LogP contribution in [0.15, 0.2) is 18.2 Å². The molecule has 0 aromatic heterocycles. The first-order chi connectivity index (χ1) is 9.19. The minimum Gasteiger partial charge on any atom is -0.488 e. The lowest BCUT2D eigenvalue weighted by molar-refractivity contribution is 0.102. The Morgan fingerprint density at radius 3 is 2.70 bits per heavy atom. The van der Waals surface area contributed by atoms with Crippen molar-refractivity contribution in [1.82, 2.24) is 0 Å². The van der Waals surface area contributed by atoms with E-state index in [1.54, 1.807) is 0 Å². The second-order valence-electron chi connectivity index (χ2n) is 7.10. The Hall–Kier alpha value is -0.0731. The Kier molecular flexibility index (Phi) is 4.86. The highest BCUT2D eigenvalue weighted by Crippen LogP contribution is 2.37. The molecule has 1 aliphatic heterocycles. The average molecular weight is 404 g/mol. The second-order valence-corrected chi connectivity index (χ2v) is 13.2. The molecule has 0 amide bonds. The molecule has 0 saturated heterocycles. The molecule has 1 aliphatic rings. The molecule has 20 heavy (non-hydrogen) atoms. The third-order valence-electron chi connectivity index (χ3n) is 4.49. The van der Waals surface area contributed by atoms with Crippen molar-refractivity contribution >= 4 is 30.9 Å². The van der Waals surface area contributed by atoms with E-state index in [-0.39, 0.29) is 11.1 Å². The number of rotatable bonds is 3. The first-order valence-corrected chi connectivity index (χ1v) is 11.3. The highest BCUT2D eigenvalue weighted by molar-refractivity contribution is 14.1. The lowest BCUT2D eigenvalue weighted by Crippen LogP contribution is -2.43. The number of benzene rings is 1. The van der Waals surface area contributed by atoms with Crippen LogP contribution in [0.1, 0.15) is 32.8 Å². The summed E-state index contributed by atoms with van der Waals surface area (Å²) in [6.45, 7) is 12.1. The first kappa shape index (κ1) is 16.3. The highest BCUT2D eigenvalue weighted by Gasteiger charge is 2.38. The summed E-state index contributed by atoms with van der Waals surface area (Å²) in [5.41, 5.74) is 1.33. The van der Waals surface area contributed by atoms with Crippen LogP contribution in [0.3, 0.4) is 0 Å². The Balaban J connectivity index is 1.96. The summed E-state index contributed by atoms with van der Waals surface area (Å²) in [6.07, 6.45) is 2.36. The quantitative estimate of drug-likeness (QED) is 0.521. The van der Waals surface area contributed by atoms with Crippen molar-refractivity contribution in [3.05, 3.63) is 27.3 Å². The third kappa shape index (κ3) is 3.77. The van der Waals surface area contributed by atoms with Gasteiger partial charge in [-0.2, -0.15) is 0 Å². The summed E-state index contributed by atoms with van der Waals surface area (Å²) in [5.74, 6) is 1.04. The summed E-state index contributed by atoms with van der Waals surface area (Å²) in [7, 11) is -1.67. The molecule has 0 fully saturated rings. The smallest absolute Gasteiger partial charge is 0.192 e. The normalized spacial score (nSPS) is 19.4. The SMILES string of the molecule is CC(C)(C)[Si](C)(C)OCC1CCc2cc(I)ccc2O1. The van der Waals surface area contributed by atoms with Crippen LogP contribution in [0.5, 0.6) is 5.75 Å². The van der Waals surface area contributed by atoms with Gasteiger partial charge >= 0.3 is 0 Å². The van der Waals surface area contributed by atoms with Gasteiger partial charge in [-0.05, 0) is 77.3 Å². The number of hydrogen-bond donors (Lipinski definition) is 0. The molecule has 1 aromatic rings. The zero-order valence-electron chi connectivity index (χ0n) is 13.1. The largest absolute Gasteiger partial charge is 0.488 e. The van der Waals surface area contributed by atoms with E-state index in [0.29, 0.717) is 0 Å². The van der Waals surface area contributed by atoms with Crippen LogP contribution in [0.25, 0.3) is 0 Å². The molecule has 0 spiro atoms. The molecule has 0 aliphatic carbocycles. The van der Waals surface area contributed by atoms with Gasteiger partial charge in [0.2, 0.25) is 0 Å². The zero-order chi connectivity index (χ0) is 15.0. The van der Waals surface area contributed by atoms with E-state index in [4.69, 9.17) is 9.16 Å². The fourth-order valence-corrected chi connectivity index (χ4v) is 3.64. The van der Waals surface area contributed by atoms with Gasteiger partial charge in [0.1, 0.15) is 11.9 Å². The van der Waals surface area contributed by atoms with E-state index in [1.165, 1.54) is 9.13 Å². The molecule has 0 bridgehead atoms. The number of hydrogen-bond acceptors (Lipinski definition) is 2. The Bertz CT molecular complexity index is 480. The van der Waals surface area contributed by atoms with E-state index in [2.05, 4.69) is 74.7 Å². The molecule has 0 radical (unpaired) electrons. The lowest BCUT2D eigenvalue weighted by Gasteiger charge is -2.38. The van der Waals surface area contributed by atoms with Crippen molar-refractivity contribution in [3.63, 3.8) is 0 Å². The molecule has 112 valence electrons.